The maximum Gasteiger partial charge on any atom is 0.264 e. The summed E-state index contributed by atoms with van der Waals surface area (Å²) >= 11 is 6.56. The Morgan fingerprint density at radius 1 is 0.675 bits per heavy atom. The number of sulfonamides is 1. The van der Waals surface area contributed by atoms with E-state index in [-0.39, 0.29) is 11.4 Å². The molecule has 0 N–H and O–H groups in total. The topological polar surface area (TPSA) is 37.4 Å². The van der Waals surface area contributed by atoms with Gasteiger partial charge < -0.3 is 0 Å². The molecule has 0 aliphatic heterocycles. The summed E-state index contributed by atoms with van der Waals surface area (Å²) in [7, 11) is -3.96. The molecule has 0 aliphatic rings. The normalized spacial score (nSPS) is 12.2. The lowest BCUT2D eigenvalue weighted by molar-refractivity contribution is 0.507. The van der Waals surface area contributed by atoms with Gasteiger partial charge in [-0.05, 0) is 46.6 Å². The summed E-state index contributed by atoms with van der Waals surface area (Å²) in [5.41, 5.74) is 3.24. The van der Waals surface area contributed by atoms with Crippen molar-refractivity contribution in [2.45, 2.75) is 18.4 Å². The number of nitrogens with zero attached hydrogens (tertiary/aromatic N) is 1. The van der Waals surface area contributed by atoms with Crippen LogP contribution in [0.1, 0.15) is 16.7 Å². The van der Waals surface area contributed by atoms with Gasteiger partial charge >= 0.3 is 0 Å². The predicted octanol–water partition coefficient (Wildman–Crippen LogP) is 7.32. The van der Waals surface area contributed by atoms with Crippen molar-refractivity contribution in [1.29, 1.82) is 0 Å². The highest BCUT2D eigenvalue weighted by Gasteiger charge is 2.31. The van der Waals surface area contributed by atoms with Crippen molar-refractivity contribution in [3.05, 3.63) is 168 Å². The van der Waals surface area contributed by atoms with E-state index in [4.69, 9.17) is 11.8 Å². The van der Waals surface area contributed by atoms with Crippen LogP contribution in [0.25, 0.3) is 5.70 Å². The van der Waals surface area contributed by atoms with Gasteiger partial charge in [-0.3, -0.25) is 4.31 Å². The Labute approximate surface area is 242 Å². The Bertz CT molecular complexity index is 1700. The van der Waals surface area contributed by atoms with E-state index in [9.17, 15) is 8.42 Å². The van der Waals surface area contributed by atoms with Crippen LogP contribution in [-0.2, 0) is 28.4 Å². The van der Waals surface area contributed by atoms with Crippen LogP contribution in [-0.4, -0.2) is 12.7 Å². The SMILES string of the molecule is Cc1ccc(S(=O)(=O)N(Cc2ccccc2)/C(=C/P(=S)(c2ccccc2)c2ccccc2)c2ccccc2)cc1. The Balaban J connectivity index is 1.80. The fourth-order valence-electron chi connectivity index (χ4n) is 4.55. The van der Waals surface area contributed by atoms with E-state index in [1.54, 1.807) is 12.1 Å². The van der Waals surface area contributed by atoms with Crippen molar-refractivity contribution in [2.75, 3.05) is 0 Å². The van der Waals surface area contributed by atoms with Gasteiger partial charge in [0.25, 0.3) is 10.0 Å². The third-order valence-corrected chi connectivity index (χ3v) is 12.8. The van der Waals surface area contributed by atoms with E-state index in [1.165, 1.54) is 4.31 Å². The van der Waals surface area contributed by atoms with Crippen molar-refractivity contribution in [1.82, 2.24) is 4.31 Å². The fraction of sp³-hybridized carbons (Fsp3) is 0.0588. The lowest BCUT2D eigenvalue weighted by Crippen LogP contribution is -2.30. The van der Waals surface area contributed by atoms with Crippen LogP contribution in [0.3, 0.4) is 0 Å². The molecule has 0 spiro atoms. The van der Waals surface area contributed by atoms with Gasteiger partial charge in [0.05, 0.1) is 17.1 Å². The molecule has 6 heteroatoms. The highest BCUT2D eigenvalue weighted by atomic mass is 32.4. The van der Waals surface area contributed by atoms with Gasteiger partial charge in [-0.15, -0.1) is 0 Å². The number of rotatable bonds is 9. The zero-order valence-electron chi connectivity index (χ0n) is 22.2. The largest absolute Gasteiger partial charge is 0.264 e. The molecule has 0 heterocycles. The molecule has 40 heavy (non-hydrogen) atoms. The average molecular weight is 580 g/mol. The van der Waals surface area contributed by atoms with Gasteiger partial charge in [-0.1, -0.05) is 151 Å². The summed E-state index contributed by atoms with van der Waals surface area (Å²) in [5.74, 6) is 2.04. The van der Waals surface area contributed by atoms with E-state index in [2.05, 4.69) is 0 Å². The molecule has 3 nitrogen and oxygen atoms in total. The molecular weight excluding hydrogens is 549 g/mol. The van der Waals surface area contributed by atoms with E-state index in [0.717, 1.165) is 27.3 Å². The summed E-state index contributed by atoms with van der Waals surface area (Å²) in [6.07, 6.45) is 0. The molecular formula is C34H30NO2PS2. The highest BCUT2D eigenvalue weighted by Crippen LogP contribution is 2.49. The van der Waals surface area contributed by atoms with E-state index in [1.807, 2.05) is 146 Å². The molecule has 0 fully saturated rings. The lowest BCUT2D eigenvalue weighted by atomic mass is 10.1. The fourth-order valence-corrected chi connectivity index (χ4v) is 9.59. The molecule has 200 valence electrons. The third-order valence-electron chi connectivity index (χ3n) is 6.70. The van der Waals surface area contributed by atoms with E-state index in [0.29, 0.717) is 5.70 Å². The summed E-state index contributed by atoms with van der Waals surface area (Å²) in [4.78, 5) is 0.239. The van der Waals surface area contributed by atoms with Crippen LogP contribution >= 0.6 is 6.04 Å². The Hall–Kier alpha value is -3.76. The van der Waals surface area contributed by atoms with Crippen molar-refractivity contribution in [3.63, 3.8) is 0 Å². The molecule has 0 atom stereocenters. The van der Waals surface area contributed by atoms with Crippen molar-refractivity contribution in [3.8, 4) is 0 Å². The highest BCUT2D eigenvalue weighted by molar-refractivity contribution is 8.23. The second-order valence-electron chi connectivity index (χ2n) is 9.52. The van der Waals surface area contributed by atoms with Crippen LogP contribution < -0.4 is 10.6 Å². The minimum atomic E-state index is -3.96. The Morgan fingerprint density at radius 3 is 1.62 bits per heavy atom. The molecule has 5 rings (SSSR count). The summed E-state index contributed by atoms with van der Waals surface area (Å²) in [6, 6.07) is 43.8. The first-order valence-corrected chi connectivity index (χ1v) is 17.3. The zero-order chi connectivity index (χ0) is 28.0. The number of hydrogen-bond acceptors (Lipinski definition) is 3. The molecule has 0 aromatic heterocycles. The van der Waals surface area contributed by atoms with E-state index >= 15 is 0 Å². The van der Waals surface area contributed by atoms with Gasteiger partial charge in [0.1, 0.15) is 0 Å². The second kappa shape index (κ2) is 12.2. The van der Waals surface area contributed by atoms with Crippen LogP contribution in [0.2, 0.25) is 0 Å². The first-order valence-electron chi connectivity index (χ1n) is 13.0. The quantitative estimate of drug-likeness (QED) is 0.172. The number of aryl methyl sites for hydroxylation is 1. The van der Waals surface area contributed by atoms with Crippen LogP contribution in [0.15, 0.2) is 156 Å². The molecule has 0 aliphatic carbocycles. The zero-order valence-corrected chi connectivity index (χ0v) is 24.7. The first-order chi connectivity index (χ1) is 19.4. The monoisotopic (exact) mass is 579 g/mol. The molecule has 0 saturated carbocycles. The standard InChI is InChI=1S/C34H30NO2PS2/c1-28-22-24-33(25-23-28)40(36,37)35(26-29-14-6-2-7-15-29)34(30-16-8-3-9-17-30)27-38(39,31-18-10-4-11-19-31)32-20-12-5-13-21-32/h2-25,27H,26H2,1H3/b34-27+. The first kappa shape index (κ1) is 27.8. The smallest absolute Gasteiger partial charge is 0.261 e. The van der Waals surface area contributed by atoms with Gasteiger partial charge in [-0.2, -0.15) is 0 Å². The Kier molecular flexibility index (Phi) is 8.46. The second-order valence-corrected chi connectivity index (χ2v) is 15.7. The molecule has 5 aromatic carbocycles. The lowest BCUT2D eigenvalue weighted by Gasteiger charge is -2.30. The molecule has 0 unspecified atom stereocenters. The maximum atomic E-state index is 14.5. The van der Waals surface area contributed by atoms with Crippen molar-refractivity contribution in [2.24, 2.45) is 0 Å². The van der Waals surface area contributed by atoms with Crippen molar-refractivity contribution >= 4 is 44.2 Å². The minimum absolute atomic E-state index is 0.163. The molecule has 0 amide bonds. The van der Waals surface area contributed by atoms with Crippen LogP contribution in [0, 0.1) is 6.92 Å². The number of benzene rings is 5. The maximum absolute atomic E-state index is 14.5. The van der Waals surface area contributed by atoms with Gasteiger partial charge in [-0.25, -0.2) is 8.42 Å². The predicted molar refractivity (Wildman–Crippen MR) is 171 cm³/mol. The molecule has 0 radical (unpaired) electrons. The third kappa shape index (κ3) is 6.03. The molecule has 0 saturated heterocycles. The summed E-state index contributed by atoms with van der Waals surface area (Å²) in [5, 5.41) is 1.99. The van der Waals surface area contributed by atoms with Gasteiger partial charge in [0.15, 0.2) is 0 Å². The van der Waals surface area contributed by atoms with Gasteiger partial charge in [0, 0.05) is 6.04 Å². The van der Waals surface area contributed by atoms with Crippen molar-refractivity contribution < 1.29 is 8.42 Å². The molecule has 5 aromatic rings. The van der Waals surface area contributed by atoms with Crippen LogP contribution in [0.5, 0.6) is 0 Å². The minimum Gasteiger partial charge on any atom is -0.261 e. The molecule has 0 bridgehead atoms. The summed E-state index contributed by atoms with van der Waals surface area (Å²) in [6.45, 7) is 2.11. The van der Waals surface area contributed by atoms with Crippen LogP contribution in [0.4, 0.5) is 0 Å². The summed E-state index contributed by atoms with van der Waals surface area (Å²) < 4.78 is 30.5. The average Bonchev–Trinajstić information content (AvgIpc) is 3.01. The Morgan fingerprint density at radius 2 is 1.12 bits per heavy atom. The van der Waals surface area contributed by atoms with Gasteiger partial charge in [0.2, 0.25) is 0 Å². The van der Waals surface area contributed by atoms with E-state index < -0.39 is 16.1 Å². The number of hydrogen-bond donors (Lipinski definition) is 0.